The van der Waals surface area contributed by atoms with Gasteiger partial charge < -0.3 is 24.6 Å². The molecular formula is C19H31N5O4. The van der Waals surface area contributed by atoms with Crippen LogP contribution in [0.15, 0.2) is 12.4 Å². The summed E-state index contributed by atoms with van der Waals surface area (Å²) in [4.78, 5) is 36.2. The zero-order valence-electron chi connectivity index (χ0n) is 17.4. The predicted molar refractivity (Wildman–Crippen MR) is 105 cm³/mol. The van der Waals surface area contributed by atoms with Gasteiger partial charge in [0.25, 0.3) is 0 Å². The lowest BCUT2D eigenvalue weighted by Crippen LogP contribution is -2.51. The van der Waals surface area contributed by atoms with Crippen molar-refractivity contribution in [2.45, 2.75) is 40.2 Å². The van der Waals surface area contributed by atoms with Gasteiger partial charge in [0.2, 0.25) is 11.8 Å². The van der Waals surface area contributed by atoms with Crippen LogP contribution in [0.2, 0.25) is 0 Å². The van der Waals surface area contributed by atoms with E-state index in [0.717, 1.165) is 5.82 Å². The quantitative estimate of drug-likeness (QED) is 0.785. The van der Waals surface area contributed by atoms with E-state index in [9.17, 15) is 9.59 Å². The van der Waals surface area contributed by atoms with Gasteiger partial charge in [-0.2, -0.15) is 0 Å². The fraction of sp³-hybridized carbons (Fsp3) is 0.684. The highest BCUT2D eigenvalue weighted by Gasteiger charge is 2.23. The van der Waals surface area contributed by atoms with E-state index in [0.29, 0.717) is 44.6 Å². The Morgan fingerprint density at radius 2 is 1.86 bits per heavy atom. The monoisotopic (exact) mass is 393 g/mol. The van der Waals surface area contributed by atoms with Crippen molar-refractivity contribution in [2.24, 2.45) is 5.92 Å². The van der Waals surface area contributed by atoms with Gasteiger partial charge in [0.1, 0.15) is 24.3 Å². The highest BCUT2D eigenvalue weighted by Crippen LogP contribution is 2.18. The maximum absolute atomic E-state index is 12.3. The predicted octanol–water partition coefficient (Wildman–Crippen LogP) is 1.68. The van der Waals surface area contributed by atoms with Gasteiger partial charge in [-0.15, -0.1) is 0 Å². The van der Waals surface area contributed by atoms with Crippen molar-refractivity contribution in [1.29, 1.82) is 0 Å². The normalized spacial score (nSPS) is 14.8. The number of anilines is 1. The number of hydrogen-bond donors (Lipinski definition) is 1. The zero-order valence-corrected chi connectivity index (χ0v) is 17.4. The first kappa shape index (κ1) is 21.7. The molecule has 1 aromatic rings. The maximum atomic E-state index is 12.3. The lowest BCUT2D eigenvalue weighted by Gasteiger charge is -2.35. The number of aromatic nitrogens is 2. The molecule has 1 aliphatic rings. The van der Waals surface area contributed by atoms with Gasteiger partial charge in [0, 0.05) is 32.2 Å². The second-order valence-corrected chi connectivity index (χ2v) is 8.14. The van der Waals surface area contributed by atoms with E-state index < -0.39 is 11.7 Å². The van der Waals surface area contributed by atoms with E-state index in [1.807, 2.05) is 6.07 Å². The minimum Gasteiger partial charge on any atom is -0.477 e. The van der Waals surface area contributed by atoms with Crippen LogP contribution in [0.4, 0.5) is 10.6 Å². The van der Waals surface area contributed by atoms with Crippen LogP contribution in [-0.4, -0.2) is 71.8 Å². The first-order chi connectivity index (χ1) is 13.1. The zero-order chi connectivity index (χ0) is 20.7. The Morgan fingerprint density at radius 3 is 2.46 bits per heavy atom. The molecule has 9 nitrogen and oxygen atoms in total. The largest absolute Gasteiger partial charge is 0.477 e. The third-order valence-electron chi connectivity index (χ3n) is 3.93. The number of carbonyl (C=O) groups excluding carboxylic acids is 2. The summed E-state index contributed by atoms with van der Waals surface area (Å²) in [5.41, 5.74) is -0.589. The average molecular weight is 393 g/mol. The molecule has 0 aliphatic carbocycles. The van der Waals surface area contributed by atoms with Crippen molar-refractivity contribution < 1.29 is 19.1 Å². The molecule has 0 unspecified atom stereocenters. The van der Waals surface area contributed by atoms with Crippen LogP contribution in [0.1, 0.15) is 34.6 Å². The van der Waals surface area contributed by atoms with E-state index in [2.05, 4.69) is 34.0 Å². The summed E-state index contributed by atoms with van der Waals surface area (Å²) in [5.74, 6) is 1.63. The molecule has 2 heterocycles. The van der Waals surface area contributed by atoms with Gasteiger partial charge in [0.15, 0.2) is 0 Å². The van der Waals surface area contributed by atoms with E-state index in [-0.39, 0.29) is 12.5 Å². The standard InChI is InChI=1S/C19H31N5O4/c1-14(2)12-27-16-10-15(21-13-22-16)23-6-8-24(9-7-23)17(25)11-20-18(26)28-19(3,4)5/h10,13-14H,6-9,11-12H2,1-5H3,(H,20,26). The average Bonchev–Trinajstić information content (AvgIpc) is 2.63. The van der Waals surface area contributed by atoms with E-state index in [1.54, 1.807) is 25.7 Å². The first-order valence-electron chi connectivity index (χ1n) is 9.58. The molecule has 9 heteroatoms. The molecule has 156 valence electrons. The molecule has 1 fully saturated rings. The van der Waals surface area contributed by atoms with Crippen molar-refractivity contribution in [3.05, 3.63) is 12.4 Å². The summed E-state index contributed by atoms with van der Waals surface area (Å²) in [6.07, 6.45) is 0.905. The van der Waals surface area contributed by atoms with Gasteiger partial charge in [-0.25, -0.2) is 14.8 Å². The molecule has 0 spiro atoms. The molecular weight excluding hydrogens is 362 g/mol. The Kier molecular flexibility index (Phi) is 7.42. The second kappa shape index (κ2) is 9.57. The Hall–Kier alpha value is -2.58. The van der Waals surface area contributed by atoms with Crippen LogP contribution in [0, 0.1) is 5.92 Å². The third kappa shape index (κ3) is 7.21. The first-order valence-corrected chi connectivity index (χ1v) is 9.58. The summed E-state index contributed by atoms with van der Waals surface area (Å²) >= 11 is 0. The van der Waals surface area contributed by atoms with Crippen molar-refractivity contribution >= 4 is 17.8 Å². The van der Waals surface area contributed by atoms with Crippen LogP contribution in [-0.2, 0) is 9.53 Å². The van der Waals surface area contributed by atoms with Crippen molar-refractivity contribution in [3.8, 4) is 5.88 Å². The second-order valence-electron chi connectivity index (χ2n) is 8.14. The van der Waals surface area contributed by atoms with Crippen LogP contribution < -0.4 is 15.0 Å². The molecule has 1 saturated heterocycles. The van der Waals surface area contributed by atoms with E-state index in [4.69, 9.17) is 9.47 Å². The van der Waals surface area contributed by atoms with Gasteiger partial charge >= 0.3 is 6.09 Å². The summed E-state index contributed by atoms with van der Waals surface area (Å²) in [6.45, 7) is 12.4. The third-order valence-corrected chi connectivity index (χ3v) is 3.93. The number of piperazine rings is 1. The van der Waals surface area contributed by atoms with Crippen LogP contribution in [0.5, 0.6) is 5.88 Å². The van der Waals surface area contributed by atoms with Gasteiger partial charge in [-0.1, -0.05) is 13.8 Å². The minimum absolute atomic E-state index is 0.0738. The number of amides is 2. The van der Waals surface area contributed by atoms with Crippen molar-refractivity contribution in [1.82, 2.24) is 20.2 Å². The number of nitrogens with zero attached hydrogens (tertiary/aromatic N) is 4. The Labute approximate surface area is 166 Å². The van der Waals surface area contributed by atoms with Crippen LogP contribution in [0.25, 0.3) is 0 Å². The molecule has 1 aromatic heterocycles. The number of hydrogen-bond acceptors (Lipinski definition) is 7. The Balaban J connectivity index is 1.80. The molecule has 2 amide bonds. The molecule has 0 saturated carbocycles. The number of alkyl carbamates (subject to hydrolysis) is 1. The number of rotatable bonds is 6. The van der Waals surface area contributed by atoms with Gasteiger partial charge in [0.05, 0.1) is 6.61 Å². The number of ether oxygens (including phenoxy) is 2. The van der Waals surface area contributed by atoms with Crippen LogP contribution >= 0.6 is 0 Å². The summed E-state index contributed by atoms with van der Waals surface area (Å²) in [6, 6.07) is 1.82. The summed E-state index contributed by atoms with van der Waals surface area (Å²) in [7, 11) is 0. The molecule has 0 bridgehead atoms. The summed E-state index contributed by atoms with van der Waals surface area (Å²) in [5, 5.41) is 2.51. The fourth-order valence-corrected chi connectivity index (χ4v) is 2.59. The Bertz CT molecular complexity index is 667. The summed E-state index contributed by atoms with van der Waals surface area (Å²) < 4.78 is 10.8. The molecule has 0 radical (unpaired) electrons. The molecule has 0 atom stereocenters. The fourth-order valence-electron chi connectivity index (χ4n) is 2.59. The minimum atomic E-state index is -0.589. The molecule has 1 aliphatic heterocycles. The van der Waals surface area contributed by atoms with Gasteiger partial charge in [-0.05, 0) is 26.7 Å². The molecule has 1 N–H and O–H groups in total. The highest BCUT2D eigenvalue weighted by atomic mass is 16.6. The topological polar surface area (TPSA) is 96.9 Å². The van der Waals surface area contributed by atoms with Crippen molar-refractivity contribution in [3.63, 3.8) is 0 Å². The highest BCUT2D eigenvalue weighted by molar-refractivity contribution is 5.82. The van der Waals surface area contributed by atoms with Crippen LogP contribution in [0.3, 0.4) is 0 Å². The lowest BCUT2D eigenvalue weighted by molar-refractivity contribution is -0.130. The van der Waals surface area contributed by atoms with Gasteiger partial charge in [-0.3, -0.25) is 4.79 Å². The smallest absolute Gasteiger partial charge is 0.408 e. The van der Waals surface area contributed by atoms with E-state index in [1.165, 1.54) is 6.33 Å². The van der Waals surface area contributed by atoms with Crippen molar-refractivity contribution in [2.75, 3.05) is 44.2 Å². The number of carbonyl (C=O) groups is 2. The number of nitrogens with one attached hydrogen (secondary N) is 1. The lowest BCUT2D eigenvalue weighted by atomic mass is 10.2. The molecule has 2 rings (SSSR count). The molecule has 28 heavy (non-hydrogen) atoms. The maximum Gasteiger partial charge on any atom is 0.408 e. The Morgan fingerprint density at radius 1 is 1.18 bits per heavy atom. The van der Waals surface area contributed by atoms with E-state index >= 15 is 0 Å². The molecule has 0 aromatic carbocycles. The SMILES string of the molecule is CC(C)COc1cc(N2CCN(C(=O)CNC(=O)OC(C)(C)C)CC2)ncn1.